The third kappa shape index (κ3) is 3.97. The molecule has 1 aromatic rings. The summed E-state index contributed by atoms with van der Waals surface area (Å²) in [6, 6.07) is 3.18. The number of furan rings is 1. The smallest absolute Gasteiger partial charge is 0.371 e. The molecule has 0 amide bonds. The van der Waals surface area contributed by atoms with Crippen molar-refractivity contribution in [2.24, 2.45) is 5.73 Å². The second kappa shape index (κ2) is 5.82. The minimum Gasteiger partial charge on any atom is -0.475 e. The first-order chi connectivity index (χ1) is 7.13. The topological polar surface area (TPSA) is 76.5 Å². The molecule has 1 heterocycles. The monoisotopic (exact) mass is 229 g/mol. The molecule has 15 heavy (non-hydrogen) atoms. The van der Waals surface area contributed by atoms with Gasteiger partial charge in [-0.15, -0.1) is 0 Å². The number of rotatable bonds is 6. The van der Waals surface area contributed by atoms with E-state index in [2.05, 4.69) is 6.92 Å². The number of carboxylic acids is 1. The minimum absolute atomic E-state index is 0.00271. The normalized spacial score (nSPS) is 12.7. The van der Waals surface area contributed by atoms with Crippen LogP contribution in [0.1, 0.15) is 29.7 Å². The van der Waals surface area contributed by atoms with Crippen LogP contribution in [0.4, 0.5) is 0 Å². The molecule has 0 aliphatic rings. The minimum atomic E-state index is -1.03. The third-order valence-corrected chi connectivity index (χ3v) is 3.21. The van der Waals surface area contributed by atoms with Crippen LogP contribution in [-0.4, -0.2) is 22.9 Å². The molecular weight excluding hydrogens is 214 g/mol. The lowest BCUT2D eigenvalue weighted by Crippen LogP contribution is -2.07. The molecule has 0 saturated carbocycles. The molecule has 0 fully saturated rings. The Morgan fingerprint density at radius 3 is 2.93 bits per heavy atom. The molecule has 1 atom stereocenters. The van der Waals surface area contributed by atoms with Crippen LogP contribution in [0.15, 0.2) is 16.5 Å². The van der Waals surface area contributed by atoms with Crippen molar-refractivity contribution in [3.05, 3.63) is 23.7 Å². The SMILES string of the molecule is CC(CCN)SCc1ccc(C(=O)O)o1. The van der Waals surface area contributed by atoms with E-state index >= 15 is 0 Å². The van der Waals surface area contributed by atoms with Crippen molar-refractivity contribution >= 4 is 17.7 Å². The van der Waals surface area contributed by atoms with Gasteiger partial charge in [-0.2, -0.15) is 11.8 Å². The van der Waals surface area contributed by atoms with Crippen LogP contribution < -0.4 is 5.73 Å². The first-order valence-electron chi connectivity index (χ1n) is 4.77. The summed E-state index contributed by atoms with van der Waals surface area (Å²) in [5, 5.41) is 9.11. The molecule has 0 radical (unpaired) electrons. The lowest BCUT2D eigenvalue weighted by atomic mass is 10.3. The van der Waals surface area contributed by atoms with Crippen LogP contribution in [0.3, 0.4) is 0 Å². The maximum atomic E-state index is 10.5. The summed E-state index contributed by atoms with van der Waals surface area (Å²) in [5.41, 5.74) is 5.43. The molecule has 5 heteroatoms. The van der Waals surface area contributed by atoms with Crippen LogP contribution in [0.5, 0.6) is 0 Å². The fourth-order valence-electron chi connectivity index (χ4n) is 1.11. The van der Waals surface area contributed by atoms with E-state index in [1.807, 2.05) is 0 Å². The molecule has 0 aliphatic carbocycles. The average Bonchev–Trinajstić information content (AvgIpc) is 2.63. The Kier molecular flexibility index (Phi) is 4.71. The average molecular weight is 229 g/mol. The summed E-state index contributed by atoms with van der Waals surface area (Å²) in [6.45, 7) is 2.77. The molecular formula is C10H15NO3S. The Labute approximate surface area is 92.8 Å². The Morgan fingerprint density at radius 2 is 2.40 bits per heavy atom. The Morgan fingerprint density at radius 1 is 1.67 bits per heavy atom. The van der Waals surface area contributed by atoms with Gasteiger partial charge >= 0.3 is 5.97 Å². The number of aromatic carboxylic acids is 1. The van der Waals surface area contributed by atoms with Gasteiger partial charge in [0.2, 0.25) is 5.76 Å². The highest BCUT2D eigenvalue weighted by molar-refractivity contribution is 7.99. The zero-order valence-electron chi connectivity index (χ0n) is 8.60. The van der Waals surface area contributed by atoms with E-state index in [0.29, 0.717) is 23.3 Å². The van der Waals surface area contributed by atoms with Crippen molar-refractivity contribution in [3.63, 3.8) is 0 Å². The second-order valence-electron chi connectivity index (χ2n) is 3.27. The summed E-state index contributed by atoms with van der Waals surface area (Å²) in [5.74, 6) is 0.355. The number of nitrogens with two attached hydrogens (primary N) is 1. The second-order valence-corrected chi connectivity index (χ2v) is 4.70. The van der Waals surface area contributed by atoms with E-state index in [1.165, 1.54) is 6.07 Å². The summed E-state index contributed by atoms with van der Waals surface area (Å²) in [7, 11) is 0. The molecule has 0 spiro atoms. The summed E-state index contributed by atoms with van der Waals surface area (Å²) in [6.07, 6.45) is 0.956. The third-order valence-electron chi connectivity index (χ3n) is 1.96. The molecule has 0 saturated heterocycles. The van der Waals surface area contributed by atoms with Gasteiger partial charge in [0.1, 0.15) is 5.76 Å². The molecule has 1 rings (SSSR count). The number of hydrogen-bond acceptors (Lipinski definition) is 4. The van der Waals surface area contributed by atoms with Crippen LogP contribution in [0.2, 0.25) is 0 Å². The number of thioether (sulfide) groups is 1. The number of carbonyl (C=O) groups is 1. The van der Waals surface area contributed by atoms with Crippen LogP contribution in [0, 0.1) is 0 Å². The summed E-state index contributed by atoms with van der Waals surface area (Å²) < 4.78 is 5.12. The lowest BCUT2D eigenvalue weighted by Gasteiger charge is -2.07. The largest absolute Gasteiger partial charge is 0.475 e. The first kappa shape index (κ1) is 12.1. The van der Waals surface area contributed by atoms with Crippen molar-refractivity contribution < 1.29 is 14.3 Å². The predicted molar refractivity (Wildman–Crippen MR) is 60.1 cm³/mol. The fourth-order valence-corrected chi connectivity index (χ4v) is 2.02. The predicted octanol–water partition coefficient (Wildman–Crippen LogP) is 1.95. The van der Waals surface area contributed by atoms with Gasteiger partial charge < -0.3 is 15.3 Å². The molecule has 1 unspecified atom stereocenters. The summed E-state index contributed by atoms with van der Waals surface area (Å²) >= 11 is 1.71. The number of hydrogen-bond donors (Lipinski definition) is 2. The van der Waals surface area contributed by atoms with Gasteiger partial charge in [-0.3, -0.25) is 0 Å². The lowest BCUT2D eigenvalue weighted by molar-refractivity contribution is 0.0661. The maximum absolute atomic E-state index is 10.5. The van der Waals surface area contributed by atoms with Gasteiger partial charge in [-0.25, -0.2) is 4.79 Å². The molecule has 0 bridgehead atoms. The van der Waals surface area contributed by atoms with E-state index in [0.717, 1.165) is 6.42 Å². The molecule has 0 aliphatic heterocycles. The fraction of sp³-hybridized carbons (Fsp3) is 0.500. The molecule has 0 aromatic carbocycles. The van der Waals surface area contributed by atoms with Crippen molar-refractivity contribution in [2.45, 2.75) is 24.3 Å². The van der Waals surface area contributed by atoms with Gasteiger partial charge in [0.25, 0.3) is 0 Å². The summed E-state index contributed by atoms with van der Waals surface area (Å²) in [4.78, 5) is 10.5. The highest BCUT2D eigenvalue weighted by Gasteiger charge is 2.09. The van der Waals surface area contributed by atoms with Gasteiger partial charge in [-0.1, -0.05) is 6.92 Å². The quantitative estimate of drug-likeness (QED) is 0.779. The van der Waals surface area contributed by atoms with Crippen LogP contribution in [0.25, 0.3) is 0 Å². The van der Waals surface area contributed by atoms with Crippen molar-refractivity contribution in [2.75, 3.05) is 6.54 Å². The highest BCUT2D eigenvalue weighted by atomic mass is 32.2. The molecule has 84 valence electrons. The standard InChI is InChI=1S/C10H15NO3S/c1-7(4-5-11)15-6-8-2-3-9(14-8)10(12)13/h2-3,7H,4-6,11H2,1H3,(H,12,13). The zero-order chi connectivity index (χ0) is 11.3. The highest BCUT2D eigenvalue weighted by Crippen LogP contribution is 2.21. The first-order valence-corrected chi connectivity index (χ1v) is 5.82. The molecule has 1 aromatic heterocycles. The van der Waals surface area contributed by atoms with Crippen molar-refractivity contribution in [1.82, 2.24) is 0 Å². The van der Waals surface area contributed by atoms with E-state index in [4.69, 9.17) is 15.3 Å². The van der Waals surface area contributed by atoms with E-state index in [9.17, 15) is 4.79 Å². The van der Waals surface area contributed by atoms with Gasteiger partial charge in [0, 0.05) is 5.25 Å². The van der Waals surface area contributed by atoms with E-state index in [-0.39, 0.29) is 5.76 Å². The van der Waals surface area contributed by atoms with Crippen LogP contribution in [-0.2, 0) is 5.75 Å². The van der Waals surface area contributed by atoms with Crippen LogP contribution >= 0.6 is 11.8 Å². The Bertz CT molecular complexity index is 324. The zero-order valence-corrected chi connectivity index (χ0v) is 9.42. The number of carboxylic acid groups (broad SMARTS) is 1. The molecule has 3 N–H and O–H groups in total. The Balaban J connectivity index is 2.40. The maximum Gasteiger partial charge on any atom is 0.371 e. The van der Waals surface area contributed by atoms with Gasteiger partial charge in [0.05, 0.1) is 5.75 Å². The van der Waals surface area contributed by atoms with Crippen molar-refractivity contribution in [3.8, 4) is 0 Å². The van der Waals surface area contributed by atoms with E-state index < -0.39 is 5.97 Å². The molecule has 4 nitrogen and oxygen atoms in total. The van der Waals surface area contributed by atoms with Gasteiger partial charge in [0.15, 0.2) is 0 Å². The van der Waals surface area contributed by atoms with Crippen molar-refractivity contribution in [1.29, 1.82) is 0 Å². The Hall–Kier alpha value is -0.940. The van der Waals surface area contributed by atoms with E-state index in [1.54, 1.807) is 17.8 Å². The van der Waals surface area contributed by atoms with Gasteiger partial charge in [-0.05, 0) is 25.1 Å².